The zero-order chi connectivity index (χ0) is 18.9. The van der Waals surface area contributed by atoms with Gasteiger partial charge in [-0.25, -0.2) is 5.43 Å². The number of hydrazone groups is 1. The average molecular weight is 393 g/mol. The molecule has 0 unspecified atom stereocenters. The molecule has 140 valence electrons. The average Bonchev–Trinajstić information content (AvgIpc) is 3.05. The van der Waals surface area contributed by atoms with E-state index in [1.807, 2.05) is 17.5 Å². The fourth-order valence-electron chi connectivity index (χ4n) is 2.26. The molecule has 1 heterocycles. The van der Waals surface area contributed by atoms with Crippen LogP contribution in [0.2, 0.25) is 5.02 Å². The fraction of sp³-hybridized carbons (Fsp3) is 0.400. The Hall–Kier alpha value is -1.85. The van der Waals surface area contributed by atoms with Gasteiger partial charge < -0.3 is 4.74 Å². The highest BCUT2D eigenvalue weighted by Crippen LogP contribution is 2.22. The summed E-state index contributed by atoms with van der Waals surface area (Å²) in [5.41, 5.74) is 3.93. The Morgan fingerprint density at radius 1 is 1.38 bits per heavy atom. The molecule has 2 aromatic rings. The van der Waals surface area contributed by atoms with E-state index in [-0.39, 0.29) is 5.91 Å². The number of ether oxygens (including phenoxy) is 1. The van der Waals surface area contributed by atoms with E-state index in [2.05, 4.69) is 31.3 Å². The maximum absolute atomic E-state index is 12.2. The van der Waals surface area contributed by atoms with Gasteiger partial charge in [0.2, 0.25) is 0 Å². The summed E-state index contributed by atoms with van der Waals surface area (Å²) in [5, 5.41) is 6.51. The van der Waals surface area contributed by atoms with Crippen LogP contribution in [0.15, 0.2) is 34.7 Å². The van der Waals surface area contributed by atoms with Crippen LogP contribution in [0.4, 0.5) is 0 Å². The molecular formula is C20H25ClN2O2S. The van der Waals surface area contributed by atoms with Gasteiger partial charge in [0.05, 0.1) is 18.4 Å². The smallest absolute Gasteiger partial charge is 0.272 e. The van der Waals surface area contributed by atoms with Crippen molar-refractivity contribution in [1.82, 2.24) is 5.43 Å². The van der Waals surface area contributed by atoms with Crippen molar-refractivity contribution < 1.29 is 9.53 Å². The molecule has 0 aliphatic carbocycles. The largest absolute Gasteiger partial charge is 0.493 e. The highest BCUT2D eigenvalue weighted by molar-refractivity contribution is 7.10. The molecular weight excluding hydrogens is 368 g/mol. The van der Waals surface area contributed by atoms with Gasteiger partial charge in [0, 0.05) is 20.8 Å². The monoisotopic (exact) mass is 392 g/mol. The van der Waals surface area contributed by atoms with Crippen LogP contribution in [-0.2, 0) is 6.42 Å². The highest BCUT2D eigenvalue weighted by Gasteiger charge is 2.08. The number of halogens is 1. The molecule has 1 aromatic carbocycles. The molecule has 0 saturated carbocycles. The molecule has 0 bridgehead atoms. The van der Waals surface area contributed by atoms with E-state index in [0.29, 0.717) is 28.9 Å². The van der Waals surface area contributed by atoms with E-state index < -0.39 is 0 Å². The van der Waals surface area contributed by atoms with Crippen molar-refractivity contribution in [2.75, 3.05) is 6.61 Å². The Balaban J connectivity index is 1.99. The summed E-state index contributed by atoms with van der Waals surface area (Å²) in [6.45, 7) is 7.05. The van der Waals surface area contributed by atoms with Crippen LogP contribution in [0.3, 0.4) is 0 Å². The molecule has 1 amide bonds. The summed E-state index contributed by atoms with van der Waals surface area (Å²) in [6, 6.07) is 7.29. The minimum atomic E-state index is -0.218. The molecule has 0 spiro atoms. The Morgan fingerprint density at radius 2 is 2.19 bits per heavy atom. The van der Waals surface area contributed by atoms with E-state index in [1.54, 1.807) is 29.7 Å². The molecule has 6 heteroatoms. The number of thiophene rings is 1. The summed E-state index contributed by atoms with van der Waals surface area (Å²) < 4.78 is 5.81. The zero-order valence-electron chi connectivity index (χ0n) is 15.4. The van der Waals surface area contributed by atoms with E-state index in [4.69, 9.17) is 16.3 Å². The molecule has 1 N–H and O–H groups in total. The number of benzene rings is 1. The number of nitrogens with one attached hydrogen (secondary N) is 1. The Kier molecular flexibility index (Phi) is 8.13. The van der Waals surface area contributed by atoms with Crippen molar-refractivity contribution in [3.63, 3.8) is 0 Å². The van der Waals surface area contributed by atoms with Gasteiger partial charge in [0.1, 0.15) is 5.75 Å². The second-order valence-electron chi connectivity index (χ2n) is 6.46. The lowest BCUT2D eigenvalue weighted by Gasteiger charge is -2.10. The van der Waals surface area contributed by atoms with Crippen molar-refractivity contribution in [2.45, 2.75) is 40.0 Å². The molecule has 0 radical (unpaired) electrons. The molecule has 0 fully saturated rings. The SMILES string of the molecule is CCCc1cc(C(=O)N/N=C/c2cc(Cl)ccc2OCCC(C)C)cs1. The second-order valence-corrected chi connectivity index (χ2v) is 7.90. The number of hydrogen-bond donors (Lipinski definition) is 1. The summed E-state index contributed by atoms with van der Waals surface area (Å²) in [6.07, 6.45) is 4.58. The van der Waals surface area contributed by atoms with Crippen molar-refractivity contribution in [3.05, 3.63) is 50.7 Å². The quantitative estimate of drug-likeness (QED) is 0.449. The number of hydrogen-bond acceptors (Lipinski definition) is 4. The van der Waals surface area contributed by atoms with E-state index >= 15 is 0 Å². The second kappa shape index (κ2) is 10.3. The molecule has 0 saturated heterocycles. The maximum Gasteiger partial charge on any atom is 0.272 e. The zero-order valence-corrected chi connectivity index (χ0v) is 17.0. The Morgan fingerprint density at radius 3 is 2.92 bits per heavy atom. The molecule has 4 nitrogen and oxygen atoms in total. The first-order valence-electron chi connectivity index (χ1n) is 8.82. The first kappa shape index (κ1) is 20.5. The maximum atomic E-state index is 12.2. The van der Waals surface area contributed by atoms with E-state index in [1.165, 1.54) is 4.88 Å². The van der Waals surface area contributed by atoms with Gasteiger partial charge in [-0.15, -0.1) is 11.3 Å². The van der Waals surface area contributed by atoms with Gasteiger partial charge in [-0.3, -0.25) is 4.79 Å². The van der Waals surface area contributed by atoms with E-state index in [9.17, 15) is 4.79 Å². The van der Waals surface area contributed by atoms with Gasteiger partial charge >= 0.3 is 0 Å². The molecule has 0 aliphatic heterocycles. The standard InChI is InChI=1S/C20H25ClN2O2S/c1-4-5-18-11-16(13-26-18)20(24)23-22-12-15-10-17(21)6-7-19(15)25-9-8-14(2)3/h6-7,10-14H,4-5,8-9H2,1-3H3,(H,23,24)/b22-12+. The lowest BCUT2D eigenvalue weighted by Crippen LogP contribution is -2.16. The summed E-state index contributed by atoms with van der Waals surface area (Å²) in [7, 11) is 0. The first-order valence-corrected chi connectivity index (χ1v) is 10.1. The third kappa shape index (κ3) is 6.46. The minimum absolute atomic E-state index is 0.218. The Bertz CT molecular complexity index is 756. The number of carbonyl (C=O) groups excluding carboxylic acids is 1. The normalized spacial score (nSPS) is 11.3. The van der Waals surface area contributed by atoms with Crippen molar-refractivity contribution in [2.24, 2.45) is 11.0 Å². The van der Waals surface area contributed by atoms with E-state index in [0.717, 1.165) is 24.8 Å². The number of nitrogens with zero attached hydrogens (tertiary/aromatic N) is 1. The van der Waals surface area contributed by atoms with Crippen LogP contribution in [-0.4, -0.2) is 18.7 Å². The van der Waals surface area contributed by atoms with Gasteiger partial charge in [-0.05, 0) is 43.0 Å². The topological polar surface area (TPSA) is 50.7 Å². The van der Waals surface area contributed by atoms with Crippen molar-refractivity contribution >= 4 is 35.1 Å². The highest BCUT2D eigenvalue weighted by atomic mass is 35.5. The predicted octanol–water partition coefficient (Wildman–Crippen LogP) is 5.54. The fourth-order valence-corrected chi connectivity index (χ4v) is 3.41. The molecule has 26 heavy (non-hydrogen) atoms. The van der Waals surface area contributed by atoms with Gasteiger partial charge in [0.15, 0.2) is 0 Å². The van der Waals surface area contributed by atoms with Crippen LogP contribution >= 0.6 is 22.9 Å². The Labute approximate surface area is 164 Å². The van der Waals surface area contributed by atoms with Gasteiger partial charge in [-0.2, -0.15) is 5.10 Å². The van der Waals surface area contributed by atoms with Crippen molar-refractivity contribution in [3.8, 4) is 5.75 Å². The van der Waals surface area contributed by atoms with Crippen LogP contribution in [0.25, 0.3) is 0 Å². The van der Waals surface area contributed by atoms with Crippen molar-refractivity contribution in [1.29, 1.82) is 0 Å². The van der Waals surface area contributed by atoms with Crippen LogP contribution in [0.1, 0.15) is 54.4 Å². The molecule has 0 aliphatic rings. The van der Waals surface area contributed by atoms with Gasteiger partial charge in [0.25, 0.3) is 5.91 Å². The number of carbonyl (C=O) groups is 1. The number of amides is 1. The molecule has 1 aromatic heterocycles. The number of rotatable bonds is 9. The number of aryl methyl sites for hydroxylation is 1. The summed E-state index contributed by atoms with van der Waals surface area (Å²) in [5.74, 6) is 1.06. The first-order chi connectivity index (χ1) is 12.5. The minimum Gasteiger partial charge on any atom is -0.493 e. The summed E-state index contributed by atoms with van der Waals surface area (Å²) in [4.78, 5) is 13.4. The third-order valence-corrected chi connectivity index (χ3v) is 4.94. The molecule has 2 rings (SSSR count). The lowest BCUT2D eigenvalue weighted by atomic mass is 10.1. The summed E-state index contributed by atoms with van der Waals surface area (Å²) >= 11 is 7.67. The predicted molar refractivity (Wildman–Crippen MR) is 110 cm³/mol. The van der Waals surface area contributed by atoms with Crippen LogP contribution < -0.4 is 10.2 Å². The molecule has 0 atom stereocenters. The lowest BCUT2D eigenvalue weighted by molar-refractivity contribution is 0.0955. The van der Waals surface area contributed by atoms with Crippen LogP contribution in [0, 0.1) is 5.92 Å². The third-order valence-electron chi connectivity index (χ3n) is 3.71. The van der Waals surface area contributed by atoms with Gasteiger partial charge in [-0.1, -0.05) is 38.8 Å². The van der Waals surface area contributed by atoms with Crippen LogP contribution in [0.5, 0.6) is 5.75 Å².